The molecule has 0 aromatic rings. The molecule has 0 radical (unpaired) electrons. The van der Waals surface area contributed by atoms with Gasteiger partial charge in [0.15, 0.2) is 6.29 Å². The van der Waals surface area contributed by atoms with Crippen LogP contribution in [0.3, 0.4) is 0 Å². The van der Waals surface area contributed by atoms with Gasteiger partial charge in [-0.15, -0.1) is 0 Å². The smallest absolute Gasteiger partial charge is 0.305 e. The molecule has 1 rings (SSSR count). The molecule has 1 fully saturated rings. The molecule has 7 atom stereocenters. The number of amides is 1. The molecule has 7 unspecified atom stereocenters. The summed E-state index contributed by atoms with van der Waals surface area (Å²) in [5.74, 6) is -0.190. The first kappa shape index (κ1) is 86.1. The standard InChI is InChI=1S/C80H145NO10/c1-3-5-7-9-11-13-15-46-50-54-58-62-66-73(83)72(71-90-80-79(88)78(87)77(86)74(70-82)91-80)81-75(84)67-63-59-55-51-47-44-42-40-38-36-34-32-30-28-26-24-22-20-18-17-19-21-23-25-27-29-31-33-35-37-39-41-43-45-49-53-57-61-65-69-89-76(85)68-64-60-56-52-48-16-14-12-10-8-6-4-2/h9,11-12,14,17-18,21,23,46,50,62,66,72-74,77-80,82-83,86-88H,3-8,10,13,15-16,19-20,22,24-45,47-49,51-61,63-65,67-71H2,1-2H3,(H,81,84)/b11-9+,14-12-,18-17-,23-21-,50-46+,66-62+. The van der Waals surface area contributed by atoms with E-state index in [1.807, 2.05) is 6.08 Å². The van der Waals surface area contributed by atoms with Crippen LogP contribution in [0.25, 0.3) is 0 Å². The Morgan fingerprint density at radius 3 is 1.19 bits per heavy atom. The first-order chi connectivity index (χ1) is 44.7. The molecule has 1 amide bonds. The van der Waals surface area contributed by atoms with Crippen LogP contribution < -0.4 is 5.32 Å². The van der Waals surface area contributed by atoms with Crippen LogP contribution in [0.15, 0.2) is 72.9 Å². The summed E-state index contributed by atoms with van der Waals surface area (Å²) in [5, 5.41) is 54.4. The summed E-state index contributed by atoms with van der Waals surface area (Å²) in [6.07, 6.45) is 83.7. The number of carbonyl (C=O) groups is 2. The van der Waals surface area contributed by atoms with Crippen LogP contribution in [0.5, 0.6) is 0 Å². The summed E-state index contributed by atoms with van der Waals surface area (Å²) >= 11 is 0. The number of allylic oxidation sites excluding steroid dienone is 11. The highest BCUT2D eigenvalue weighted by atomic mass is 16.7. The Morgan fingerprint density at radius 1 is 0.407 bits per heavy atom. The lowest BCUT2D eigenvalue weighted by atomic mass is 9.99. The molecule has 0 spiro atoms. The highest BCUT2D eigenvalue weighted by Crippen LogP contribution is 2.23. The number of carbonyl (C=O) groups excluding carboxylic acids is 2. The summed E-state index contributed by atoms with van der Waals surface area (Å²) in [7, 11) is 0. The molecule has 0 aliphatic carbocycles. The van der Waals surface area contributed by atoms with Crippen molar-refractivity contribution in [2.75, 3.05) is 19.8 Å². The summed E-state index contributed by atoms with van der Waals surface area (Å²) in [6.45, 7) is 4.28. The fraction of sp³-hybridized carbons (Fsp3) is 0.825. The molecule has 1 heterocycles. The number of aliphatic hydroxyl groups excluding tert-OH is 5. The van der Waals surface area contributed by atoms with E-state index in [1.165, 1.54) is 257 Å². The van der Waals surface area contributed by atoms with Crippen LogP contribution in [0, 0.1) is 0 Å². The third-order valence-electron chi connectivity index (χ3n) is 18.0. The molecule has 1 aliphatic heterocycles. The minimum atomic E-state index is -1.58. The molecule has 11 nitrogen and oxygen atoms in total. The summed E-state index contributed by atoms with van der Waals surface area (Å²) < 4.78 is 16.7. The van der Waals surface area contributed by atoms with Crippen LogP contribution in [0.2, 0.25) is 0 Å². The quantitative estimate of drug-likeness (QED) is 0.0195. The summed E-state index contributed by atoms with van der Waals surface area (Å²) in [6, 6.07) is -0.833. The monoisotopic (exact) mass is 1280 g/mol. The van der Waals surface area contributed by atoms with Gasteiger partial charge < -0.3 is 45.1 Å². The van der Waals surface area contributed by atoms with E-state index in [4.69, 9.17) is 14.2 Å². The van der Waals surface area contributed by atoms with Crippen LogP contribution in [0.1, 0.15) is 361 Å². The molecule has 11 heteroatoms. The second-order valence-corrected chi connectivity index (χ2v) is 26.7. The van der Waals surface area contributed by atoms with Gasteiger partial charge in [-0.05, 0) is 109 Å². The lowest BCUT2D eigenvalue weighted by Crippen LogP contribution is -2.60. The number of esters is 1. The number of hydrogen-bond acceptors (Lipinski definition) is 10. The van der Waals surface area contributed by atoms with Gasteiger partial charge in [0, 0.05) is 12.8 Å². The third-order valence-corrected chi connectivity index (χ3v) is 18.0. The van der Waals surface area contributed by atoms with Crippen LogP contribution >= 0.6 is 0 Å². The Morgan fingerprint density at radius 2 is 0.758 bits per heavy atom. The van der Waals surface area contributed by atoms with E-state index in [0.29, 0.717) is 19.4 Å². The molecule has 0 saturated carbocycles. The third kappa shape index (κ3) is 57.1. The minimum Gasteiger partial charge on any atom is -0.466 e. The molecule has 6 N–H and O–H groups in total. The molecule has 1 aliphatic rings. The van der Waals surface area contributed by atoms with E-state index in [0.717, 1.165) is 77.0 Å². The van der Waals surface area contributed by atoms with Crippen molar-refractivity contribution in [2.45, 2.75) is 403 Å². The number of ether oxygens (including phenoxy) is 3. The van der Waals surface area contributed by atoms with Crippen molar-refractivity contribution in [1.82, 2.24) is 5.32 Å². The van der Waals surface area contributed by atoms with E-state index in [9.17, 15) is 35.1 Å². The zero-order valence-electron chi connectivity index (χ0n) is 59.1. The largest absolute Gasteiger partial charge is 0.466 e. The van der Waals surface area contributed by atoms with Gasteiger partial charge in [-0.25, -0.2) is 0 Å². The predicted molar refractivity (Wildman–Crippen MR) is 384 cm³/mol. The van der Waals surface area contributed by atoms with Crippen molar-refractivity contribution in [3.8, 4) is 0 Å². The van der Waals surface area contributed by atoms with Gasteiger partial charge in [-0.2, -0.15) is 0 Å². The number of rotatable bonds is 68. The second kappa shape index (κ2) is 68.5. The van der Waals surface area contributed by atoms with Crippen LogP contribution in [-0.2, 0) is 23.8 Å². The van der Waals surface area contributed by atoms with Gasteiger partial charge in [-0.1, -0.05) is 311 Å². The maximum atomic E-state index is 13.1. The first-order valence-corrected chi connectivity index (χ1v) is 38.7. The van der Waals surface area contributed by atoms with Crippen molar-refractivity contribution >= 4 is 11.9 Å². The maximum Gasteiger partial charge on any atom is 0.305 e. The minimum absolute atomic E-state index is 0.00399. The highest BCUT2D eigenvalue weighted by molar-refractivity contribution is 5.76. The molecular weight excluding hydrogens is 1130 g/mol. The zero-order chi connectivity index (χ0) is 65.8. The summed E-state index contributed by atoms with van der Waals surface area (Å²) in [4.78, 5) is 25.1. The lowest BCUT2D eigenvalue weighted by molar-refractivity contribution is -0.302. The van der Waals surface area contributed by atoms with E-state index >= 15 is 0 Å². The fourth-order valence-corrected chi connectivity index (χ4v) is 11.9. The average Bonchev–Trinajstić information content (AvgIpc) is 1.37. The lowest BCUT2D eigenvalue weighted by Gasteiger charge is -2.40. The van der Waals surface area contributed by atoms with Crippen LogP contribution in [0.4, 0.5) is 0 Å². The number of aliphatic hydroxyl groups is 5. The number of nitrogens with one attached hydrogen (secondary N) is 1. The normalized spacial score (nSPS) is 18.0. The van der Waals surface area contributed by atoms with Gasteiger partial charge in [0.25, 0.3) is 0 Å². The Kier molecular flexibility index (Phi) is 64.8. The van der Waals surface area contributed by atoms with Gasteiger partial charge in [0.2, 0.25) is 5.91 Å². The van der Waals surface area contributed by atoms with Crippen molar-refractivity contribution in [3.63, 3.8) is 0 Å². The van der Waals surface area contributed by atoms with Crippen molar-refractivity contribution in [1.29, 1.82) is 0 Å². The average molecular weight is 1280 g/mol. The van der Waals surface area contributed by atoms with Gasteiger partial charge in [0.1, 0.15) is 24.4 Å². The number of unbranched alkanes of at least 4 members (excludes halogenated alkanes) is 44. The van der Waals surface area contributed by atoms with Crippen molar-refractivity contribution < 1.29 is 49.3 Å². The van der Waals surface area contributed by atoms with E-state index in [2.05, 4.69) is 79.9 Å². The Bertz CT molecular complexity index is 1740. The Labute approximate surface area is 560 Å². The molecule has 0 aromatic carbocycles. The summed E-state index contributed by atoms with van der Waals surface area (Å²) in [5.41, 5.74) is 0. The van der Waals surface area contributed by atoms with Crippen molar-refractivity contribution in [2.24, 2.45) is 0 Å². The topological polar surface area (TPSA) is 175 Å². The molecule has 91 heavy (non-hydrogen) atoms. The fourth-order valence-electron chi connectivity index (χ4n) is 11.9. The highest BCUT2D eigenvalue weighted by Gasteiger charge is 2.44. The molecule has 0 aromatic heterocycles. The van der Waals surface area contributed by atoms with Gasteiger partial charge >= 0.3 is 5.97 Å². The molecular formula is C80H145NO10. The first-order valence-electron chi connectivity index (χ1n) is 38.7. The maximum absolute atomic E-state index is 13.1. The van der Waals surface area contributed by atoms with E-state index < -0.39 is 49.5 Å². The zero-order valence-corrected chi connectivity index (χ0v) is 59.1. The SMILES string of the molecule is CCCC/C=C/CC/C=C/CC/C=C/C(O)C(COC1OC(CO)C(O)C(O)C1O)NC(=O)CCCCCCCCCCCCCCCCCCC/C=C\C/C=C\CCCCCCCCCCCCCCCCCOC(=O)CCCCCCC/C=C\CCCCC. The van der Waals surface area contributed by atoms with E-state index in [1.54, 1.807) is 6.08 Å². The molecule has 530 valence electrons. The Hall–Kier alpha value is -2.90. The molecule has 0 bridgehead atoms. The van der Waals surface area contributed by atoms with Gasteiger partial charge in [-0.3, -0.25) is 9.59 Å². The molecule has 1 saturated heterocycles. The Balaban J connectivity index is 1.91. The predicted octanol–water partition coefficient (Wildman–Crippen LogP) is 20.6. The second-order valence-electron chi connectivity index (χ2n) is 26.7. The van der Waals surface area contributed by atoms with Crippen molar-refractivity contribution in [3.05, 3.63) is 72.9 Å². The van der Waals surface area contributed by atoms with E-state index in [-0.39, 0.29) is 18.5 Å². The number of hydrogen-bond donors (Lipinski definition) is 6. The van der Waals surface area contributed by atoms with Crippen LogP contribution in [-0.4, -0.2) is 100 Å². The van der Waals surface area contributed by atoms with Gasteiger partial charge in [0.05, 0.1) is 32.0 Å².